The number of aromatic nitrogens is 3. The van der Waals surface area contributed by atoms with Crippen molar-refractivity contribution in [1.82, 2.24) is 14.6 Å². The fourth-order valence-electron chi connectivity index (χ4n) is 5.05. The van der Waals surface area contributed by atoms with Gasteiger partial charge in [-0.1, -0.05) is 23.7 Å². The first kappa shape index (κ1) is 20.3. The van der Waals surface area contributed by atoms with Crippen molar-refractivity contribution in [3.63, 3.8) is 0 Å². The van der Waals surface area contributed by atoms with Crippen LogP contribution < -0.4 is 10.6 Å². The van der Waals surface area contributed by atoms with Gasteiger partial charge in [0.2, 0.25) is 0 Å². The average molecular weight is 437 g/mol. The Morgan fingerprint density at radius 1 is 1.29 bits per heavy atom. The van der Waals surface area contributed by atoms with Crippen molar-refractivity contribution in [2.24, 2.45) is 11.1 Å². The number of benzene rings is 1. The molecule has 0 amide bonds. The Labute approximate surface area is 186 Å². The molecule has 0 aliphatic carbocycles. The molecule has 0 radical (unpaired) electrons. The number of nitrogens with two attached hydrogens (primary N) is 1. The Hall–Kier alpha value is -2.66. The lowest BCUT2D eigenvalue weighted by molar-refractivity contribution is 0.0974. The van der Waals surface area contributed by atoms with Crippen molar-refractivity contribution in [3.8, 4) is 17.3 Å². The number of aryl methyl sites for hydroxylation is 1. The van der Waals surface area contributed by atoms with Gasteiger partial charge >= 0.3 is 0 Å². The molecule has 2 saturated heterocycles. The monoisotopic (exact) mass is 436 g/mol. The number of piperidine rings is 1. The lowest BCUT2D eigenvalue weighted by Gasteiger charge is -2.41. The molecule has 3 aromatic rings. The summed E-state index contributed by atoms with van der Waals surface area (Å²) < 4.78 is 7.75. The fraction of sp³-hybridized carbons (Fsp3) is 0.435. The maximum Gasteiger partial charge on any atom is 0.155 e. The van der Waals surface area contributed by atoms with Crippen molar-refractivity contribution < 1.29 is 4.74 Å². The molecule has 2 fully saturated rings. The van der Waals surface area contributed by atoms with E-state index in [1.807, 2.05) is 29.6 Å². The molecule has 2 atom stereocenters. The summed E-state index contributed by atoms with van der Waals surface area (Å²) in [6.45, 7) is 6.52. The maximum atomic E-state index is 9.37. The number of hydrogen-bond donors (Lipinski definition) is 1. The van der Waals surface area contributed by atoms with E-state index >= 15 is 0 Å². The van der Waals surface area contributed by atoms with Crippen molar-refractivity contribution in [2.45, 2.75) is 38.8 Å². The molecule has 2 aliphatic heterocycles. The summed E-state index contributed by atoms with van der Waals surface area (Å²) in [5.74, 6) is 0.918. The van der Waals surface area contributed by atoms with E-state index in [-0.39, 0.29) is 17.6 Å². The highest BCUT2D eigenvalue weighted by molar-refractivity contribution is 6.34. The molecule has 7 nitrogen and oxygen atoms in total. The minimum absolute atomic E-state index is 0.0622. The van der Waals surface area contributed by atoms with Crippen LogP contribution >= 0.6 is 11.6 Å². The minimum atomic E-state index is 0.0622. The van der Waals surface area contributed by atoms with Gasteiger partial charge in [0.05, 0.1) is 40.9 Å². The second-order valence-corrected chi connectivity index (χ2v) is 9.05. The third kappa shape index (κ3) is 3.09. The molecular formula is C23H25ClN6O. The third-order valence-corrected chi connectivity index (χ3v) is 7.39. The van der Waals surface area contributed by atoms with Crippen molar-refractivity contribution in [3.05, 3.63) is 46.7 Å². The maximum absolute atomic E-state index is 9.37. The minimum Gasteiger partial charge on any atom is -0.376 e. The van der Waals surface area contributed by atoms with Gasteiger partial charge in [0.15, 0.2) is 5.82 Å². The first-order valence-electron chi connectivity index (χ1n) is 10.6. The van der Waals surface area contributed by atoms with E-state index in [1.54, 1.807) is 12.3 Å². The van der Waals surface area contributed by atoms with Gasteiger partial charge in [-0.05, 0) is 38.8 Å². The van der Waals surface area contributed by atoms with Crippen LogP contribution in [0, 0.1) is 23.7 Å². The smallest absolute Gasteiger partial charge is 0.155 e. The number of ether oxygens (including phenoxy) is 1. The Morgan fingerprint density at radius 2 is 2.06 bits per heavy atom. The SMILES string of the molecule is Cc1nc(N2CCC3(CC2)CO[C@@H](C)[C@H]3N)c2ccnn2c1-c1cccc(C#N)c1Cl. The molecule has 2 N–H and O–H groups in total. The van der Waals surface area contributed by atoms with Gasteiger partial charge in [-0.3, -0.25) is 0 Å². The van der Waals surface area contributed by atoms with Gasteiger partial charge in [-0.15, -0.1) is 0 Å². The van der Waals surface area contributed by atoms with E-state index in [0.717, 1.165) is 60.8 Å². The van der Waals surface area contributed by atoms with Crippen LogP contribution in [0.3, 0.4) is 0 Å². The fourth-order valence-corrected chi connectivity index (χ4v) is 5.31. The van der Waals surface area contributed by atoms with Crippen LogP contribution in [0.15, 0.2) is 30.5 Å². The second-order valence-electron chi connectivity index (χ2n) is 8.67. The molecule has 8 heteroatoms. The van der Waals surface area contributed by atoms with Crippen LogP contribution in [0.5, 0.6) is 0 Å². The molecule has 0 bridgehead atoms. The van der Waals surface area contributed by atoms with E-state index in [9.17, 15) is 5.26 Å². The number of nitrogens with zero attached hydrogens (tertiary/aromatic N) is 5. The third-order valence-electron chi connectivity index (χ3n) is 6.98. The summed E-state index contributed by atoms with van der Waals surface area (Å²) in [4.78, 5) is 7.30. The summed E-state index contributed by atoms with van der Waals surface area (Å²) in [5.41, 5.74) is 10.3. The van der Waals surface area contributed by atoms with E-state index < -0.39 is 0 Å². The van der Waals surface area contributed by atoms with Gasteiger partial charge in [0, 0.05) is 30.1 Å². The van der Waals surface area contributed by atoms with E-state index in [2.05, 4.69) is 23.0 Å². The van der Waals surface area contributed by atoms with Gasteiger partial charge in [-0.25, -0.2) is 9.50 Å². The summed E-state index contributed by atoms with van der Waals surface area (Å²) in [7, 11) is 0. The van der Waals surface area contributed by atoms with Crippen molar-refractivity contribution in [2.75, 3.05) is 24.6 Å². The van der Waals surface area contributed by atoms with Crippen LogP contribution in [0.2, 0.25) is 5.02 Å². The molecule has 0 saturated carbocycles. The van der Waals surface area contributed by atoms with Gasteiger partial charge in [0.25, 0.3) is 0 Å². The zero-order valence-electron chi connectivity index (χ0n) is 17.7. The molecule has 2 aliphatic rings. The van der Waals surface area contributed by atoms with Crippen LogP contribution in [0.25, 0.3) is 16.8 Å². The lowest BCUT2D eigenvalue weighted by Crippen LogP contribution is -2.50. The number of nitriles is 1. The zero-order valence-corrected chi connectivity index (χ0v) is 18.4. The topological polar surface area (TPSA) is 92.5 Å². The number of rotatable bonds is 2. The first-order valence-corrected chi connectivity index (χ1v) is 11.0. The molecule has 160 valence electrons. The molecule has 0 unspecified atom stereocenters. The Kier molecular flexibility index (Phi) is 4.89. The molecule has 5 rings (SSSR count). The summed E-state index contributed by atoms with van der Waals surface area (Å²) in [6, 6.07) is 9.66. The highest BCUT2D eigenvalue weighted by Crippen LogP contribution is 2.42. The largest absolute Gasteiger partial charge is 0.376 e. The zero-order chi connectivity index (χ0) is 21.8. The Morgan fingerprint density at radius 3 is 2.74 bits per heavy atom. The normalized spacial score (nSPS) is 22.9. The second kappa shape index (κ2) is 7.49. The number of halogens is 1. The predicted molar refractivity (Wildman–Crippen MR) is 120 cm³/mol. The molecule has 31 heavy (non-hydrogen) atoms. The standard InChI is InChI=1S/C23H25ClN6O/c1-14-20(17-5-3-4-16(12-25)19(17)24)30-18(6-9-27-30)22(28-14)29-10-7-23(8-11-29)13-31-15(2)21(23)26/h3-6,9,15,21H,7-8,10-11,13,26H2,1-2H3/t15-,21+/m0/s1. The van der Waals surface area contributed by atoms with E-state index in [0.29, 0.717) is 10.6 Å². The van der Waals surface area contributed by atoms with Gasteiger partial charge in [-0.2, -0.15) is 10.4 Å². The number of hydrogen-bond acceptors (Lipinski definition) is 6. The lowest BCUT2D eigenvalue weighted by atomic mass is 9.73. The Bertz CT molecular complexity index is 1190. The molecule has 1 aromatic carbocycles. The van der Waals surface area contributed by atoms with E-state index in [1.165, 1.54) is 0 Å². The summed E-state index contributed by atoms with van der Waals surface area (Å²) in [5, 5.41) is 14.4. The highest BCUT2D eigenvalue weighted by atomic mass is 35.5. The quantitative estimate of drug-likeness (QED) is 0.660. The molecule has 2 aromatic heterocycles. The van der Waals surface area contributed by atoms with Crippen molar-refractivity contribution >= 4 is 22.9 Å². The predicted octanol–water partition coefficient (Wildman–Crippen LogP) is 3.56. The first-order chi connectivity index (χ1) is 14.9. The summed E-state index contributed by atoms with van der Waals surface area (Å²) in [6.07, 6.45) is 3.86. The summed E-state index contributed by atoms with van der Waals surface area (Å²) >= 11 is 6.54. The van der Waals surface area contributed by atoms with Crippen molar-refractivity contribution in [1.29, 1.82) is 5.26 Å². The molecule has 4 heterocycles. The number of fused-ring (bicyclic) bond motifs is 1. The Balaban J connectivity index is 1.53. The van der Waals surface area contributed by atoms with Crippen LogP contribution in [-0.2, 0) is 4.74 Å². The van der Waals surface area contributed by atoms with Crippen LogP contribution in [-0.4, -0.2) is 46.4 Å². The van der Waals surface area contributed by atoms with Gasteiger partial charge < -0.3 is 15.4 Å². The number of anilines is 1. The highest BCUT2D eigenvalue weighted by Gasteiger charge is 2.47. The average Bonchev–Trinajstić information content (AvgIpc) is 3.36. The van der Waals surface area contributed by atoms with Crippen LogP contribution in [0.4, 0.5) is 5.82 Å². The van der Waals surface area contributed by atoms with Crippen LogP contribution in [0.1, 0.15) is 31.0 Å². The van der Waals surface area contributed by atoms with E-state index in [4.69, 9.17) is 27.1 Å². The van der Waals surface area contributed by atoms with Gasteiger partial charge in [0.1, 0.15) is 11.6 Å². The molecule has 1 spiro atoms. The molecular weight excluding hydrogens is 412 g/mol.